The molecule has 0 unspecified atom stereocenters. The molecule has 2 heterocycles. The predicted molar refractivity (Wildman–Crippen MR) is 179 cm³/mol. The summed E-state index contributed by atoms with van der Waals surface area (Å²) in [7, 11) is 0. The number of anilines is 1. The van der Waals surface area contributed by atoms with Crippen LogP contribution in [-0.4, -0.2) is 42.2 Å². The van der Waals surface area contributed by atoms with Crippen molar-refractivity contribution in [3.05, 3.63) is 135 Å². The van der Waals surface area contributed by atoms with Crippen molar-refractivity contribution in [3.63, 3.8) is 0 Å². The number of hydrogen-bond acceptors (Lipinski definition) is 4. The van der Waals surface area contributed by atoms with Crippen LogP contribution in [0.4, 0.5) is 18.9 Å². The van der Waals surface area contributed by atoms with Crippen LogP contribution in [0.15, 0.2) is 97.1 Å². The predicted octanol–water partition coefficient (Wildman–Crippen LogP) is 8.92. The Labute approximate surface area is 287 Å². The molecule has 248 valence electrons. The van der Waals surface area contributed by atoms with E-state index in [9.17, 15) is 18.4 Å². The van der Waals surface area contributed by atoms with Gasteiger partial charge < -0.3 is 10.1 Å². The summed E-state index contributed by atoms with van der Waals surface area (Å²) in [5, 5.41) is 2.96. The van der Waals surface area contributed by atoms with Gasteiger partial charge in [0.25, 0.3) is 0 Å². The minimum Gasteiger partial charge on any atom is -0.454 e. The third kappa shape index (κ3) is 4.71. The van der Waals surface area contributed by atoms with E-state index in [1.54, 1.807) is 30.3 Å². The van der Waals surface area contributed by atoms with Gasteiger partial charge in [0.2, 0.25) is 6.41 Å². The Morgan fingerprint density at radius 1 is 0.896 bits per heavy atom. The van der Waals surface area contributed by atoms with Crippen molar-refractivity contribution in [2.75, 3.05) is 18.7 Å². The summed E-state index contributed by atoms with van der Waals surface area (Å²) in [6.07, 6.45) is -0.256. The molecule has 48 heavy (non-hydrogen) atoms. The molecule has 3 fully saturated rings. The number of ether oxygens (including phenoxy) is 1. The summed E-state index contributed by atoms with van der Waals surface area (Å²) in [4.78, 5) is 28.7. The van der Waals surface area contributed by atoms with Gasteiger partial charge in [-0.25, -0.2) is 4.39 Å². The molecule has 3 aliphatic rings. The lowest BCUT2D eigenvalue weighted by molar-refractivity contribution is -0.200. The standard InChI is InChI=1S/C38H33Cl2F3N2O3/c1-36(27-16-15-25(39)17-29(27)44-22-46)30(26-13-8-14-28(40)31(26)43)33-35(47)48-34(24-11-6-3-7-12-24)32(23-9-4-2-5-10-23)45(33)38(36)18-37(19-38,20-41)21-42/h2-17,22,30,32-34H,18-21H2,1H3,(H,44,46)/t30-,32+,33+,34-,36-/m0/s1. The molecule has 5 atom stereocenters. The van der Waals surface area contributed by atoms with Crippen LogP contribution >= 0.6 is 23.2 Å². The Bertz CT molecular complexity index is 1850. The summed E-state index contributed by atoms with van der Waals surface area (Å²) in [6, 6.07) is 26.8. The van der Waals surface area contributed by atoms with Crippen molar-refractivity contribution in [1.29, 1.82) is 0 Å². The lowest BCUT2D eigenvalue weighted by Crippen LogP contribution is -2.70. The molecule has 5 nitrogen and oxygen atoms in total. The van der Waals surface area contributed by atoms with E-state index in [-0.39, 0.29) is 23.4 Å². The normalized spacial score (nSPS) is 27.2. The smallest absolute Gasteiger partial charge is 0.324 e. The van der Waals surface area contributed by atoms with Crippen LogP contribution in [0.3, 0.4) is 0 Å². The van der Waals surface area contributed by atoms with Crippen LogP contribution in [0.2, 0.25) is 10.0 Å². The molecule has 7 rings (SSSR count). The minimum absolute atomic E-state index is 0.0139. The van der Waals surface area contributed by atoms with Gasteiger partial charge in [0.15, 0.2) is 0 Å². The van der Waals surface area contributed by atoms with E-state index in [4.69, 9.17) is 27.9 Å². The average Bonchev–Trinajstić information content (AvgIpc) is 3.31. The molecular formula is C38H33Cl2F3N2O3. The lowest BCUT2D eigenvalue weighted by atomic mass is 9.45. The van der Waals surface area contributed by atoms with Crippen molar-refractivity contribution < 1.29 is 27.5 Å². The van der Waals surface area contributed by atoms with E-state index in [1.807, 2.05) is 67.6 Å². The van der Waals surface area contributed by atoms with E-state index in [2.05, 4.69) is 10.2 Å². The number of cyclic esters (lactones) is 1. The molecule has 2 saturated heterocycles. The molecule has 4 aromatic carbocycles. The second kappa shape index (κ2) is 12.2. The van der Waals surface area contributed by atoms with Gasteiger partial charge >= 0.3 is 5.97 Å². The first kappa shape index (κ1) is 32.7. The molecule has 1 saturated carbocycles. The fourth-order valence-electron chi connectivity index (χ4n) is 9.05. The zero-order chi connectivity index (χ0) is 33.8. The SMILES string of the molecule is C[C@]1(c2ccc(Cl)cc2NC=O)[C@@H](c2cccc(Cl)c2F)[C@@H]2C(=O)O[C@@H](c3ccccc3)[C@@H](c3ccccc3)N2C12CC(CF)(CF)C2. The first-order valence-electron chi connectivity index (χ1n) is 15.8. The third-order valence-electron chi connectivity index (χ3n) is 11.0. The molecule has 1 aliphatic carbocycles. The Morgan fingerprint density at radius 3 is 2.17 bits per heavy atom. The maximum atomic E-state index is 16.4. The van der Waals surface area contributed by atoms with Crippen LogP contribution in [-0.2, 0) is 19.7 Å². The second-order valence-electron chi connectivity index (χ2n) is 13.4. The van der Waals surface area contributed by atoms with Crippen molar-refractivity contribution in [2.24, 2.45) is 5.41 Å². The number of carbonyl (C=O) groups is 2. The number of amides is 1. The van der Waals surface area contributed by atoms with Crippen LogP contribution in [0.25, 0.3) is 0 Å². The fourth-order valence-corrected chi connectivity index (χ4v) is 9.40. The van der Waals surface area contributed by atoms with Gasteiger partial charge in [-0.05, 0) is 53.3 Å². The Kier molecular flexibility index (Phi) is 8.33. The number of benzene rings is 4. The highest BCUT2D eigenvalue weighted by atomic mass is 35.5. The van der Waals surface area contributed by atoms with E-state index in [0.29, 0.717) is 22.7 Å². The maximum Gasteiger partial charge on any atom is 0.324 e. The highest BCUT2D eigenvalue weighted by Crippen LogP contribution is 2.73. The number of rotatable bonds is 8. The van der Waals surface area contributed by atoms with Gasteiger partial charge in [-0.15, -0.1) is 0 Å². The third-order valence-corrected chi connectivity index (χ3v) is 11.5. The lowest BCUT2D eigenvalue weighted by Gasteiger charge is -2.65. The number of hydrogen-bond donors (Lipinski definition) is 1. The zero-order valence-electron chi connectivity index (χ0n) is 26.0. The molecule has 0 bridgehead atoms. The van der Waals surface area contributed by atoms with Gasteiger partial charge in [-0.3, -0.25) is 23.3 Å². The number of carbonyl (C=O) groups excluding carboxylic acids is 2. The van der Waals surface area contributed by atoms with E-state index >= 15 is 4.39 Å². The number of fused-ring (bicyclic) bond motifs is 2. The molecule has 0 radical (unpaired) electrons. The largest absolute Gasteiger partial charge is 0.454 e. The summed E-state index contributed by atoms with van der Waals surface area (Å²) in [6.45, 7) is 0.0557. The number of halogens is 5. The molecule has 0 aromatic heterocycles. The molecule has 2 aliphatic heterocycles. The van der Waals surface area contributed by atoms with Crippen molar-refractivity contribution in [3.8, 4) is 0 Å². The highest BCUT2D eigenvalue weighted by molar-refractivity contribution is 6.31. The van der Waals surface area contributed by atoms with Crippen LogP contribution in [0.1, 0.15) is 60.1 Å². The van der Waals surface area contributed by atoms with Gasteiger partial charge in [-0.1, -0.05) is 109 Å². The molecule has 1 spiro atoms. The number of esters is 1. The monoisotopic (exact) mass is 692 g/mol. The Morgan fingerprint density at radius 2 is 1.54 bits per heavy atom. The van der Waals surface area contributed by atoms with Crippen molar-refractivity contribution in [2.45, 2.75) is 54.8 Å². The summed E-state index contributed by atoms with van der Waals surface area (Å²) in [5.74, 6) is -2.28. The molecular weight excluding hydrogens is 660 g/mol. The van der Waals surface area contributed by atoms with Crippen LogP contribution in [0.5, 0.6) is 0 Å². The number of nitrogens with zero attached hydrogens (tertiary/aromatic N) is 1. The van der Waals surface area contributed by atoms with Crippen molar-refractivity contribution >= 4 is 41.3 Å². The second-order valence-corrected chi connectivity index (χ2v) is 14.2. The zero-order valence-corrected chi connectivity index (χ0v) is 27.5. The highest BCUT2D eigenvalue weighted by Gasteiger charge is 2.78. The van der Waals surface area contributed by atoms with Crippen molar-refractivity contribution in [1.82, 2.24) is 4.90 Å². The minimum atomic E-state index is -1.33. The number of nitrogens with one attached hydrogen (secondary N) is 1. The maximum absolute atomic E-state index is 16.4. The van der Waals surface area contributed by atoms with Crippen LogP contribution in [0, 0.1) is 11.2 Å². The van der Waals surface area contributed by atoms with Crippen LogP contribution < -0.4 is 5.32 Å². The Balaban J connectivity index is 1.59. The first-order chi connectivity index (χ1) is 23.1. The molecule has 4 aromatic rings. The van der Waals surface area contributed by atoms with E-state index in [1.165, 1.54) is 6.07 Å². The molecule has 1 amide bonds. The quantitative estimate of drug-likeness (QED) is 0.148. The summed E-state index contributed by atoms with van der Waals surface area (Å²) < 4.78 is 52.7. The topological polar surface area (TPSA) is 58.6 Å². The molecule has 1 N–H and O–H groups in total. The van der Waals surface area contributed by atoms with Gasteiger partial charge in [0.05, 0.1) is 24.4 Å². The van der Waals surface area contributed by atoms with Gasteiger partial charge in [-0.2, -0.15) is 0 Å². The van der Waals surface area contributed by atoms with E-state index in [0.717, 1.165) is 11.1 Å². The Hall–Kier alpha value is -3.85. The summed E-state index contributed by atoms with van der Waals surface area (Å²) in [5.41, 5.74) is -1.14. The number of alkyl halides is 2. The summed E-state index contributed by atoms with van der Waals surface area (Å²) >= 11 is 12.8. The van der Waals surface area contributed by atoms with Gasteiger partial charge in [0, 0.05) is 33.0 Å². The molecule has 10 heteroatoms. The fraction of sp³-hybridized carbons (Fsp3) is 0.316. The number of morpholine rings is 1. The average molecular weight is 694 g/mol. The van der Waals surface area contributed by atoms with E-state index < -0.39 is 65.6 Å². The van der Waals surface area contributed by atoms with Gasteiger partial charge in [0.1, 0.15) is 18.0 Å². The first-order valence-corrected chi connectivity index (χ1v) is 16.6.